The van der Waals surface area contributed by atoms with Crippen molar-refractivity contribution in [1.82, 2.24) is 0 Å². The van der Waals surface area contributed by atoms with Gasteiger partial charge in [-0.25, -0.2) is 4.79 Å². The van der Waals surface area contributed by atoms with Crippen molar-refractivity contribution in [3.8, 4) is 0 Å². The van der Waals surface area contributed by atoms with E-state index < -0.39 is 24.6 Å². The summed E-state index contributed by atoms with van der Waals surface area (Å²) in [7, 11) is 0. The van der Waals surface area contributed by atoms with Gasteiger partial charge in [0, 0.05) is 0 Å². The maximum Gasteiger partial charge on any atom is 0.332 e. The Balaban J connectivity index is 2.62. The molecule has 104 valence electrons. The van der Waals surface area contributed by atoms with E-state index >= 15 is 0 Å². The molecule has 0 aliphatic carbocycles. The topological polar surface area (TPSA) is 75.6 Å². The SMILES string of the molecule is C[C@@H](OCC(=O)Nc1cc(Cl)c(Cl)cc1Cl)C(=O)O. The van der Waals surface area contributed by atoms with Gasteiger partial charge in [0.2, 0.25) is 5.91 Å². The molecule has 5 nitrogen and oxygen atoms in total. The van der Waals surface area contributed by atoms with Crippen LogP contribution in [-0.2, 0) is 14.3 Å². The molecule has 1 amide bonds. The zero-order valence-corrected chi connectivity index (χ0v) is 12.0. The summed E-state index contributed by atoms with van der Waals surface area (Å²) in [6.45, 7) is 0.909. The summed E-state index contributed by atoms with van der Waals surface area (Å²) in [4.78, 5) is 22.0. The molecule has 0 heterocycles. The second-order valence-corrected chi connectivity index (χ2v) is 4.81. The molecule has 1 aromatic carbocycles. The number of carbonyl (C=O) groups is 2. The molecule has 0 unspecified atom stereocenters. The summed E-state index contributed by atoms with van der Waals surface area (Å²) in [5.41, 5.74) is 0.271. The Hall–Kier alpha value is -1.01. The fraction of sp³-hybridized carbons (Fsp3) is 0.273. The minimum Gasteiger partial charge on any atom is -0.479 e. The van der Waals surface area contributed by atoms with Crippen LogP contribution in [0.1, 0.15) is 6.92 Å². The van der Waals surface area contributed by atoms with Crippen molar-refractivity contribution in [2.75, 3.05) is 11.9 Å². The number of ether oxygens (including phenoxy) is 1. The maximum atomic E-state index is 11.5. The van der Waals surface area contributed by atoms with Crippen LogP contribution < -0.4 is 5.32 Å². The van der Waals surface area contributed by atoms with Crippen LogP contribution in [-0.4, -0.2) is 29.7 Å². The summed E-state index contributed by atoms with van der Waals surface area (Å²) in [5.74, 6) is -1.70. The fourth-order valence-electron chi connectivity index (χ4n) is 1.08. The Kier molecular flexibility index (Phi) is 5.87. The first kappa shape index (κ1) is 16.0. The van der Waals surface area contributed by atoms with E-state index in [0.717, 1.165) is 0 Å². The molecule has 0 fully saturated rings. The highest BCUT2D eigenvalue weighted by Gasteiger charge is 2.14. The van der Waals surface area contributed by atoms with Gasteiger partial charge in [-0.15, -0.1) is 0 Å². The third-order valence-electron chi connectivity index (χ3n) is 2.10. The minimum atomic E-state index is -1.15. The normalized spacial score (nSPS) is 12.0. The Morgan fingerprint density at radius 3 is 2.42 bits per heavy atom. The number of carbonyl (C=O) groups excluding carboxylic acids is 1. The summed E-state index contributed by atoms with van der Waals surface area (Å²) in [6, 6.07) is 2.78. The van der Waals surface area contributed by atoms with E-state index in [1.54, 1.807) is 0 Å². The molecular weight excluding hydrogens is 316 g/mol. The molecule has 1 rings (SSSR count). The number of carboxylic acid groups (broad SMARTS) is 1. The average molecular weight is 327 g/mol. The first-order valence-electron chi connectivity index (χ1n) is 5.10. The summed E-state index contributed by atoms with van der Waals surface area (Å²) < 4.78 is 4.82. The molecule has 0 aliphatic rings. The molecule has 0 radical (unpaired) electrons. The molecule has 1 atom stereocenters. The van der Waals surface area contributed by atoms with Crippen LogP contribution in [0.3, 0.4) is 0 Å². The van der Waals surface area contributed by atoms with Crippen LogP contribution in [0.4, 0.5) is 5.69 Å². The number of benzene rings is 1. The van der Waals surface area contributed by atoms with Crippen molar-refractivity contribution in [2.45, 2.75) is 13.0 Å². The summed E-state index contributed by atoms with van der Waals surface area (Å²) in [5, 5.41) is 11.7. The van der Waals surface area contributed by atoms with Crippen LogP contribution in [0.25, 0.3) is 0 Å². The number of nitrogens with one attached hydrogen (secondary N) is 1. The van der Waals surface area contributed by atoms with Gasteiger partial charge in [-0.3, -0.25) is 4.79 Å². The summed E-state index contributed by atoms with van der Waals surface area (Å²) >= 11 is 17.4. The van der Waals surface area contributed by atoms with Crippen LogP contribution in [0.5, 0.6) is 0 Å². The van der Waals surface area contributed by atoms with Crippen LogP contribution >= 0.6 is 34.8 Å². The van der Waals surface area contributed by atoms with Crippen molar-refractivity contribution < 1.29 is 19.4 Å². The van der Waals surface area contributed by atoms with Gasteiger partial charge in [0.25, 0.3) is 0 Å². The van der Waals surface area contributed by atoms with Crippen LogP contribution in [0, 0.1) is 0 Å². The van der Waals surface area contributed by atoms with Crippen molar-refractivity contribution in [2.24, 2.45) is 0 Å². The second kappa shape index (κ2) is 6.96. The number of anilines is 1. The number of aliphatic carboxylic acids is 1. The number of hydrogen-bond acceptors (Lipinski definition) is 3. The molecule has 8 heteroatoms. The molecule has 19 heavy (non-hydrogen) atoms. The molecule has 0 spiro atoms. The van der Waals surface area contributed by atoms with Crippen molar-refractivity contribution >= 4 is 52.4 Å². The predicted molar refractivity (Wildman–Crippen MR) is 73.2 cm³/mol. The van der Waals surface area contributed by atoms with Gasteiger partial charge in [0.15, 0.2) is 6.10 Å². The lowest BCUT2D eigenvalue weighted by Crippen LogP contribution is -2.26. The number of halogens is 3. The molecule has 0 aromatic heterocycles. The van der Waals surface area contributed by atoms with Gasteiger partial charge in [0.1, 0.15) is 6.61 Å². The highest BCUT2D eigenvalue weighted by atomic mass is 35.5. The number of amides is 1. The molecule has 0 bridgehead atoms. The first-order valence-corrected chi connectivity index (χ1v) is 6.23. The third-order valence-corrected chi connectivity index (χ3v) is 3.13. The molecule has 2 N–H and O–H groups in total. The largest absolute Gasteiger partial charge is 0.479 e. The zero-order valence-electron chi connectivity index (χ0n) is 9.75. The van der Waals surface area contributed by atoms with Gasteiger partial charge in [-0.1, -0.05) is 34.8 Å². The highest BCUT2D eigenvalue weighted by molar-refractivity contribution is 6.44. The second-order valence-electron chi connectivity index (χ2n) is 3.59. The smallest absolute Gasteiger partial charge is 0.332 e. The molecular formula is C11H10Cl3NO4. The Bertz CT molecular complexity index is 507. The molecule has 1 aromatic rings. The van der Waals surface area contributed by atoms with E-state index in [1.807, 2.05) is 0 Å². The fourth-order valence-corrected chi connectivity index (χ4v) is 1.67. The van der Waals surface area contributed by atoms with Gasteiger partial charge in [-0.05, 0) is 19.1 Å². The minimum absolute atomic E-state index is 0.217. The standard InChI is InChI=1S/C11H10Cl3NO4/c1-5(11(17)18)19-4-10(16)15-9-3-7(13)6(12)2-8(9)14/h2-3,5H,4H2,1H3,(H,15,16)(H,17,18)/t5-/m1/s1. The van der Waals surface area contributed by atoms with Gasteiger partial charge < -0.3 is 15.2 Å². The number of rotatable bonds is 5. The number of carboxylic acids is 1. The van der Waals surface area contributed by atoms with Crippen molar-refractivity contribution in [1.29, 1.82) is 0 Å². The van der Waals surface area contributed by atoms with E-state index in [2.05, 4.69) is 5.32 Å². The maximum absolute atomic E-state index is 11.5. The van der Waals surface area contributed by atoms with E-state index in [1.165, 1.54) is 19.1 Å². The lowest BCUT2D eigenvalue weighted by molar-refractivity contribution is -0.150. The highest BCUT2D eigenvalue weighted by Crippen LogP contribution is 2.32. The lowest BCUT2D eigenvalue weighted by atomic mass is 10.3. The molecule has 0 saturated carbocycles. The van der Waals surface area contributed by atoms with E-state index in [9.17, 15) is 9.59 Å². The van der Waals surface area contributed by atoms with Gasteiger partial charge in [-0.2, -0.15) is 0 Å². The molecule has 0 aliphatic heterocycles. The van der Waals surface area contributed by atoms with Crippen LogP contribution in [0.15, 0.2) is 12.1 Å². The van der Waals surface area contributed by atoms with E-state index in [4.69, 9.17) is 44.6 Å². The van der Waals surface area contributed by atoms with E-state index in [0.29, 0.717) is 0 Å². The summed E-state index contributed by atoms with van der Waals surface area (Å²) in [6.07, 6.45) is -1.07. The quantitative estimate of drug-likeness (QED) is 0.815. The Labute approximate surface area is 124 Å². The Morgan fingerprint density at radius 2 is 1.84 bits per heavy atom. The molecule has 0 saturated heterocycles. The predicted octanol–water partition coefficient (Wildman–Crippen LogP) is 3.08. The monoisotopic (exact) mass is 325 g/mol. The van der Waals surface area contributed by atoms with E-state index in [-0.39, 0.29) is 20.8 Å². The van der Waals surface area contributed by atoms with Crippen molar-refractivity contribution in [3.05, 3.63) is 27.2 Å². The van der Waals surface area contributed by atoms with Crippen molar-refractivity contribution in [3.63, 3.8) is 0 Å². The first-order chi connectivity index (χ1) is 8.81. The van der Waals surface area contributed by atoms with Gasteiger partial charge >= 0.3 is 5.97 Å². The van der Waals surface area contributed by atoms with Crippen LogP contribution in [0.2, 0.25) is 15.1 Å². The lowest BCUT2D eigenvalue weighted by Gasteiger charge is -2.10. The Morgan fingerprint density at radius 1 is 1.26 bits per heavy atom. The third kappa shape index (κ3) is 4.87. The van der Waals surface area contributed by atoms with Gasteiger partial charge in [0.05, 0.1) is 20.8 Å². The number of hydrogen-bond donors (Lipinski definition) is 2. The average Bonchev–Trinajstić information content (AvgIpc) is 2.32. The zero-order chi connectivity index (χ0) is 14.6.